The first-order chi connectivity index (χ1) is 12.7. The number of rotatable bonds is 5. The Balaban J connectivity index is 1.59. The van der Waals surface area contributed by atoms with Crippen LogP contribution < -0.4 is 5.73 Å². The Labute approximate surface area is 158 Å². The number of likely N-dealkylation sites (tertiary alicyclic amines) is 1. The minimum Gasteiger partial charge on any atom is -0.370 e. The van der Waals surface area contributed by atoms with Gasteiger partial charge in [0.25, 0.3) is 0 Å². The lowest BCUT2D eigenvalue weighted by Gasteiger charge is -2.34. The van der Waals surface area contributed by atoms with Crippen molar-refractivity contribution in [1.82, 2.24) is 14.7 Å². The molecule has 1 aromatic rings. The first-order valence-corrected chi connectivity index (χ1v) is 10.2. The Morgan fingerprint density at radius 1 is 1.08 bits per heavy atom. The van der Waals surface area contributed by atoms with Crippen molar-refractivity contribution in [2.75, 3.05) is 45.8 Å². The summed E-state index contributed by atoms with van der Waals surface area (Å²) < 4.78 is 0. The number of likely N-dealkylation sites (N-methyl/N-ethyl adjacent to an activating group) is 1. The van der Waals surface area contributed by atoms with E-state index in [4.69, 9.17) is 10.7 Å². The number of piperazine rings is 1. The topological polar surface area (TPSA) is 48.1 Å². The fourth-order valence-electron chi connectivity index (χ4n) is 4.03. The molecule has 1 aromatic carbocycles. The van der Waals surface area contributed by atoms with Gasteiger partial charge >= 0.3 is 0 Å². The van der Waals surface area contributed by atoms with Gasteiger partial charge in [-0.3, -0.25) is 4.90 Å². The van der Waals surface area contributed by atoms with E-state index in [0.29, 0.717) is 18.4 Å². The predicted octanol–water partition coefficient (Wildman–Crippen LogP) is 2.37. The van der Waals surface area contributed by atoms with Crippen LogP contribution in [0.2, 0.25) is 0 Å². The van der Waals surface area contributed by atoms with Crippen molar-refractivity contribution >= 4 is 5.96 Å². The molecule has 0 aliphatic carbocycles. The molecule has 144 valence electrons. The molecular formula is C21H35N5. The third kappa shape index (κ3) is 5.21. The smallest absolute Gasteiger partial charge is 0.191 e. The number of benzene rings is 1. The number of nitrogens with two attached hydrogens (primary N) is 1. The lowest BCUT2D eigenvalue weighted by atomic mass is 10.0. The molecule has 5 nitrogen and oxygen atoms in total. The van der Waals surface area contributed by atoms with Crippen molar-refractivity contribution in [3.8, 4) is 0 Å². The van der Waals surface area contributed by atoms with E-state index < -0.39 is 0 Å². The van der Waals surface area contributed by atoms with E-state index in [1.807, 2.05) is 0 Å². The molecular weight excluding hydrogens is 322 g/mol. The first-order valence-electron chi connectivity index (χ1n) is 10.2. The molecule has 1 atom stereocenters. The number of guanidine groups is 1. The Morgan fingerprint density at radius 2 is 1.77 bits per heavy atom. The van der Waals surface area contributed by atoms with Crippen LogP contribution in [-0.2, 0) is 13.1 Å². The van der Waals surface area contributed by atoms with Crippen LogP contribution in [0.5, 0.6) is 0 Å². The Bertz CT molecular complexity index is 592. The van der Waals surface area contributed by atoms with Gasteiger partial charge in [-0.1, -0.05) is 38.1 Å². The zero-order chi connectivity index (χ0) is 18.4. The van der Waals surface area contributed by atoms with Crippen LogP contribution in [0.1, 0.15) is 37.8 Å². The SMILES string of the molecule is CCN1CCN(Cc2ccccc2CN=C(N)N2CCCC(C)C2)CC1. The van der Waals surface area contributed by atoms with Gasteiger partial charge in [0, 0.05) is 45.8 Å². The molecule has 2 aliphatic heterocycles. The Hall–Kier alpha value is -1.59. The van der Waals surface area contributed by atoms with Crippen molar-refractivity contribution in [3.05, 3.63) is 35.4 Å². The summed E-state index contributed by atoms with van der Waals surface area (Å²) in [5, 5.41) is 0. The van der Waals surface area contributed by atoms with Gasteiger partial charge in [0.2, 0.25) is 0 Å². The molecule has 0 radical (unpaired) electrons. The fraction of sp³-hybridized carbons (Fsp3) is 0.667. The minimum absolute atomic E-state index is 0.682. The summed E-state index contributed by atoms with van der Waals surface area (Å²) >= 11 is 0. The number of hydrogen-bond donors (Lipinski definition) is 1. The van der Waals surface area contributed by atoms with Crippen molar-refractivity contribution in [3.63, 3.8) is 0 Å². The highest BCUT2D eigenvalue weighted by Crippen LogP contribution is 2.17. The van der Waals surface area contributed by atoms with Crippen LogP contribution in [-0.4, -0.2) is 66.5 Å². The summed E-state index contributed by atoms with van der Waals surface area (Å²) in [6.07, 6.45) is 2.52. The molecule has 0 spiro atoms. The van der Waals surface area contributed by atoms with Gasteiger partial charge in [-0.05, 0) is 36.4 Å². The first kappa shape index (κ1) is 19.2. The molecule has 2 aliphatic rings. The Morgan fingerprint density at radius 3 is 2.46 bits per heavy atom. The summed E-state index contributed by atoms with van der Waals surface area (Å²) in [5.74, 6) is 1.43. The Kier molecular flexibility index (Phi) is 6.92. The summed E-state index contributed by atoms with van der Waals surface area (Å²) in [6, 6.07) is 8.70. The molecule has 2 saturated heterocycles. The van der Waals surface area contributed by atoms with Gasteiger partial charge in [0.15, 0.2) is 5.96 Å². The van der Waals surface area contributed by atoms with E-state index >= 15 is 0 Å². The van der Waals surface area contributed by atoms with E-state index in [1.54, 1.807) is 0 Å². The van der Waals surface area contributed by atoms with Crippen LogP contribution in [0, 0.1) is 5.92 Å². The van der Waals surface area contributed by atoms with Crippen LogP contribution in [0.15, 0.2) is 29.3 Å². The van der Waals surface area contributed by atoms with Crippen molar-refractivity contribution in [2.45, 2.75) is 39.8 Å². The summed E-state index contributed by atoms with van der Waals surface area (Å²) in [7, 11) is 0. The molecule has 2 fully saturated rings. The van der Waals surface area contributed by atoms with Crippen LogP contribution in [0.25, 0.3) is 0 Å². The predicted molar refractivity (Wildman–Crippen MR) is 109 cm³/mol. The monoisotopic (exact) mass is 357 g/mol. The van der Waals surface area contributed by atoms with Crippen molar-refractivity contribution in [1.29, 1.82) is 0 Å². The molecule has 1 unspecified atom stereocenters. The molecule has 26 heavy (non-hydrogen) atoms. The van der Waals surface area contributed by atoms with Gasteiger partial charge in [0.1, 0.15) is 0 Å². The molecule has 0 amide bonds. The van der Waals surface area contributed by atoms with E-state index in [9.17, 15) is 0 Å². The second kappa shape index (κ2) is 9.38. The quantitative estimate of drug-likeness (QED) is 0.649. The standard InChI is InChI=1S/C21H35N5/c1-3-24-11-13-25(14-12-24)17-20-9-5-4-8-19(20)15-23-21(22)26-10-6-7-18(2)16-26/h4-5,8-9,18H,3,6-7,10-17H2,1-2H3,(H2,22,23). The molecule has 2 heterocycles. The minimum atomic E-state index is 0.682. The number of hydrogen-bond acceptors (Lipinski definition) is 3. The molecule has 5 heteroatoms. The molecule has 3 rings (SSSR count). The van der Waals surface area contributed by atoms with E-state index in [0.717, 1.165) is 39.3 Å². The van der Waals surface area contributed by atoms with Crippen molar-refractivity contribution < 1.29 is 0 Å². The second-order valence-corrected chi connectivity index (χ2v) is 7.85. The maximum atomic E-state index is 6.28. The second-order valence-electron chi connectivity index (χ2n) is 7.85. The molecule has 2 N–H and O–H groups in total. The maximum Gasteiger partial charge on any atom is 0.191 e. The van der Waals surface area contributed by atoms with E-state index in [2.05, 4.69) is 52.8 Å². The third-order valence-corrected chi connectivity index (χ3v) is 5.82. The summed E-state index contributed by atoms with van der Waals surface area (Å²) in [6.45, 7) is 14.1. The van der Waals surface area contributed by atoms with Crippen LogP contribution >= 0.6 is 0 Å². The van der Waals surface area contributed by atoms with Crippen LogP contribution in [0.4, 0.5) is 0 Å². The van der Waals surface area contributed by atoms with Gasteiger partial charge < -0.3 is 15.5 Å². The zero-order valence-corrected chi connectivity index (χ0v) is 16.5. The summed E-state index contributed by atoms with van der Waals surface area (Å²) in [4.78, 5) is 12.1. The molecule has 0 saturated carbocycles. The fourth-order valence-corrected chi connectivity index (χ4v) is 4.03. The third-order valence-electron chi connectivity index (χ3n) is 5.82. The van der Waals surface area contributed by atoms with Crippen LogP contribution in [0.3, 0.4) is 0 Å². The number of nitrogens with zero attached hydrogens (tertiary/aromatic N) is 4. The highest BCUT2D eigenvalue weighted by molar-refractivity contribution is 5.78. The molecule has 0 bridgehead atoms. The van der Waals surface area contributed by atoms with E-state index in [1.165, 1.54) is 37.1 Å². The van der Waals surface area contributed by atoms with Gasteiger partial charge in [-0.25, -0.2) is 4.99 Å². The number of piperidine rings is 1. The largest absolute Gasteiger partial charge is 0.370 e. The van der Waals surface area contributed by atoms with Gasteiger partial charge in [0.05, 0.1) is 6.54 Å². The van der Waals surface area contributed by atoms with Gasteiger partial charge in [-0.2, -0.15) is 0 Å². The lowest BCUT2D eigenvalue weighted by Crippen LogP contribution is -2.45. The zero-order valence-electron chi connectivity index (χ0n) is 16.5. The highest BCUT2D eigenvalue weighted by atomic mass is 15.3. The normalized spacial score (nSPS) is 23.4. The summed E-state index contributed by atoms with van der Waals surface area (Å²) in [5.41, 5.74) is 8.98. The maximum absolute atomic E-state index is 6.28. The lowest BCUT2D eigenvalue weighted by molar-refractivity contribution is 0.131. The van der Waals surface area contributed by atoms with E-state index in [-0.39, 0.29) is 0 Å². The highest BCUT2D eigenvalue weighted by Gasteiger charge is 2.18. The van der Waals surface area contributed by atoms with Gasteiger partial charge in [-0.15, -0.1) is 0 Å². The van der Waals surface area contributed by atoms with Crippen molar-refractivity contribution in [2.24, 2.45) is 16.6 Å². The average Bonchev–Trinajstić information content (AvgIpc) is 2.67. The number of aliphatic imine (C=N–C) groups is 1. The average molecular weight is 358 g/mol. The molecule has 0 aromatic heterocycles.